The number of alkyl halides is 4. The minimum Gasteiger partial charge on any atom is -0.477 e. The quantitative estimate of drug-likeness (QED) is 0.495. The lowest BCUT2D eigenvalue weighted by atomic mass is 10.3. The lowest BCUT2D eigenvalue weighted by Gasteiger charge is -2.29. The molecule has 1 N–H and O–H groups in total. The summed E-state index contributed by atoms with van der Waals surface area (Å²) in [5, 5.41) is 8.34. The van der Waals surface area contributed by atoms with E-state index in [1.165, 1.54) is 0 Å². The van der Waals surface area contributed by atoms with Crippen LogP contribution in [0, 0.1) is 0 Å². The molecular formula is C11H15F5O5. The van der Waals surface area contributed by atoms with Crippen molar-refractivity contribution in [1.29, 1.82) is 0 Å². The minimum absolute atomic E-state index is 0.299. The van der Waals surface area contributed by atoms with Crippen molar-refractivity contribution in [3.63, 3.8) is 0 Å². The maximum atomic E-state index is 13.5. The Morgan fingerprint density at radius 2 is 1.57 bits per heavy atom. The van der Waals surface area contributed by atoms with Crippen LogP contribution in [0.1, 0.15) is 13.8 Å². The summed E-state index contributed by atoms with van der Waals surface area (Å²) in [7, 11) is 0. The molecule has 2 atom stereocenters. The summed E-state index contributed by atoms with van der Waals surface area (Å²) in [5.74, 6) is -9.91. The van der Waals surface area contributed by atoms with Gasteiger partial charge in [-0.3, -0.25) is 0 Å². The van der Waals surface area contributed by atoms with Gasteiger partial charge in [0.1, 0.15) is 12.4 Å². The number of ether oxygens (including phenoxy) is 3. The summed E-state index contributed by atoms with van der Waals surface area (Å²) in [6.45, 7) is 0.517. The predicted molar refractivity (Wildman–Crippen MR) is 59.7 cm³/mol. The van der Waals surface area contributed by atoms with E-state index in [1.807, 2.05) is 0 Å². The Bertz CT molecular complexity index is 383. The molecule has 0 aliphatic heterocycles. The Morgan fingerprint density at radius 1 is 1.10 bits per heavy atom. The van der Waals surface area contributed by atoms with E-state index in [0.717, 1.165) is 0 Å². The lowest BCUT2D eigenvalue weighted by molar-refractivity contribution is -0.377. The van der Waals surface area contributed by atoms with Crippen LogP contribution in [0.15, 0.2) is 12.4 Å². The molecule has 5 nitrogen and oxygen atoms in total. The van der Waals surface area contributed by atoms with Crippen LogP contribution < -0.4 is 0 Å². The van der Waals surface area contributed by atoms with Crippen LogP contribution in [0.4, 0.5) is 22.0 Å². The molecule has 0 heterocycles. The van der Waals surface area contributed by atoms with Gasteiger partial charge in [-0.15, -0.1) is 0 Å². The van der Waals surface area contributed by atoms with Crippen LogP contribution >= 0.6 is 0 Å². The minimum atomic E-state index is -4.50. The first kappa shape index (κ1) is 19.7. The van der Waals surface area contributed by atoms with Crippen LogP contribution in [0.3, 0.4) is 0 Å². The molecule has 0 rings (SSSR count). The summed E-state index contributed by atoms with van der Waals surface area (Å²) in [6.07, 6.45) is -4.50. The Morgan fingerprint density at radius 3 is 2.00 bits per heavy atom. The molecule has 0 amide bonds. The van der Waals surface area contributed by atoms with E-state index >= 15 is 0 Å². The fraction of sp³-hybridized carbons (Fsp3) is 0.727. The zero-order valence-electron chi connectivity index (χ0n) is 11.3. The number of hydrogen-bond acceptors (Lipinski definition) is 4. The average molecular weight is 322 g/mol. The highest BCUT2D eigenvalue weighted by Gasteiger charge is 2.54. The molecule has 0 aromatic heterocycles. The van der Waals surface area contributed by atoms with Crippen LogP contribution in [0.5, 0.6) is 0 Å². The van der Waals surface area contributed by atoms with Crippen LogP contribution in [-0.2, 0) is 19.0 Å². The second kappa shape index (κ2) is 7.14. The van der Waals surface area contributed by atoms with Crippen LogP contribution in [-0.4, -0.2) is 48.7 Å². The molecule has 0 spiro atoms. The van der Waals surface area contributed by atoms with Crippen molar-refractivity contribution in [2.75, 3.05) is 19.8 Å². The summed E-state index contributed by atoms with van der Waals surface area (Å²) < 4.78 is 77.3. The summed E-state index contributed by atoms with van der Waals surface area (Å²) in [6, 6.07) is 0. The van der Waals surface area contributed by atoms with Gasteiger partial charge < -0.3 is 19.3 Å². The molecule has 0 bridgehead atoms. The molecule has 0 saturated carbocycles. The van der Waals surface area contributed by atoms with Crippen molar-refractivity contribution in [3.8, 4) is 0 Å². The Kier molecular flexibility index (Phi) is 6.71. The summed E-state index contributed by atoms with van der Waals surface area (Å²) >= 11 is 0. The number of halogens is 5. The standard InChI is InChI=1S/C11H15F5O5/c1-7(12)6-21-10(3,14)11(15,16)20-5-4-19-9(2,13)8(17)18/h1,4-6H2,2-3H3,(H,17,18). The highest BCUT2D eigenvalue weighted by molar-refractivity contribution is 5.74. The molecule has 2 unspecified atom stereocenters. The number of rotatable bonds is 10. The summed E-state index contributed by atoms with van der Waals surface area (Å²) in [5.41, 5.74) is 0. The van der Waals surface area contributed by atoms with Crippen molar-refractivity contribution in [1.82, 2.24) is 0 Å². The third-order valence-electron chi connectivity index (χ3n) is 2.14. The smallest absolute Gasteiger partial charge is 0.414 e. The first-order valence-electron chi connectivity index (χ1n) is 5.56. The molecule has 124 valence electrons. The van der Waals surface area contributed by atoms with Crippen molar-refractivity contribution < 1.29 is 46.1 Å². The monoisotopic (exact) mass is 322 g/mol. The maximum Gasteiger partial charge on any atom is 0.414 e. The van der Waals surface area contributed by atoms with E-state index in [1.54, 1.807) is 0 Å². The molecule has 0 fully saturated rings. The van der Waals surface area contributed by atoms with E-state index in [4.69, 9.17) is 5.11 Å². The first-order chi connectivity index (χ1) is 9.32. The zero-order valence-corrected chi connectivity index (χ0v) is 11.3. The van der Waals surface area contributed by atoms with Gasteiger partial charge in [-0.1, -0.05) is 6.58 Å². The fourth-order valence-corrected chi connectivity index (χ4v) is 0.892. The zero-order chi connectivity index (χ0) is 16.9. The van der Waals surface area contributed by atoms with E-state index in [-0.39, 0.29) is 0 Å². The topological polar surface area (TPSA) is 65.0 Å². The number of hydrogen-bond donors (Lipinski definition) is 1. The second-order valence-corrected chi connectivity index (χ2v) is 4.16. The molecule has 0 aliphatic carbocycles. The second-order valence-electron chi connectivity index (χ2n) is 4.16. The van der Waals surface area contributed by atoms with Gasteiger partial charge in [0.25, 0.3) is 5.85 Å². The predicted octanol–water partition coefficient (Wildman–Crippen LogP) is 2.57. The maximum absolute atomic E-state index is 13.5. The molecule has 0 radical (unpaired) electrons. The van der Waals surface area contributed by atoms with Crippen molar-refractivity contribution in [2.45, 2.75) is 31.7 Å². The molecule has 21 heavy (non-hydrogen) atoms. The lowest BCUT2D eigenvalue weighted by Crippen LogP contribution is -2.47. The van der Waals surface area contributed by atoms with Crippen LogP contribution in [0.2, 0.25) is 0 Å². The van der Waals surface area contributed by atoms with E-state index in [9.17, 15) is 26.7 Å². The molecule has 0 saturated heterocycles. The largest absolute Gasteiger partial charge is 0.477 e. The molecule has 0 aromatic carbocycles. The van der Waals surface area contributed by atoms with Gasteiger partial charge in [-0.2, -0.15) is 13.2 Å². The van der Waals surface area contributed by atoms with Gasteiger partial charge in [0.15, 0.2) is 0 Å². The van der Waals surface area contributed by atoms with Gasteiger partial charge >= 0.3 is 17.9 Å². The average Bonchev–Trinajstić information content (AvgIpc) is 2.32. The third kappa shape index (κ3) is 6.36. The number of aliphatic carboxylic acids is 1. The summed E-state index contributed by atoms with van der Waals surface area (Å²) in [4.78, 5) is 10.3. The number of carboxylic acid groups (broad SMARTS) is 1. The van der Waals surface area contributed by atoms with E-state index in [2.05, 4.69) is 20.8 Å². The number of carbonyl (C=O) groups is 1. The van der Waals surface area contributed by atoms with Gasteiger partial charge in [-0.25, -0.2) is 13.6 Å². The van der Waals surface area contributed by atoms with E-state index < -0.39 is 49.4 Å². The van der Waals surface area contributed by atoms with Gasteiger partial charge in [0.05, 0.1) is 13.2 Å². The Labute approximate surface area is 117 Å². The van der Waals surface area contributed by atoms with Gasteiger partial charge in [0, 0.05) is 13.8 Å². The molecular weight excluding hydrogens is 307 g/mol. The Hall–Kier alpha value is -1.26. The van der Waals surface area contributed by atoms with Gasteiger partial charge in [-0.05, 0) is 0 Å². The molecule has 0 aliphatic rings. The fourth-order valence-electron chi connectivity index (χ4n) is 0.892. The van der Waals surface area contributed by atoms with Crippen molar-refractivity contribution >= 4 is 5.97 Å². The number of carboxylic acids is 1. The molecule has 10 heteroatoms. The van der Waals surface area contributed by atoms with E-state index in [0.29, 0.717) is 13.8 Å². The van der Waals surface area contributed by atoms with Gasteiger partial charge in [0.2, 0.25) is 0 Å². The molecule has 0 aromatic rings. The SMILES string of the molecule is C=C(F)COC(C)(F)C(F)(F)OCCOC(C)(F)C(=O)O. The first-order valence-corrected chi connectivity index (χ1v) is 5.56. The Balaban J connectivity index is 4.35. The van der Waals surface area contributed by atoms with Crippen molar-refractivity contribution in [3.05, 3.63) is 12.4 Å². The third-order valence-corrected chi connectivity index (χ3v) is 2.14. The normalized spacial score (nSPS) is 17.9. The highest BCUT2D eigenvalue weighted by Crippen LogP contribution is 2.34. The van der Waals surface area contributed by atoms with Crippen LogP contribution in [0.25, 0.3) is 0 Å². The highest BCUT2D eigenvalue weighted by atomic mass is 19.3. The van der Waals surface area contributed by atoms with Crippen molar-refractivity contribution in [2.24, 2.45) is 0 Å².